The smallest absolute Gasteiger partial charge is 0.224 e. The van der Waals surface area contributed by atoms with Crippen molar-refractivity contribution in [2.24, 2.45) is 5.92 Å². The van der Waals surface area contributed by atoms with Crippen molar-refractivity contribution in [3.8, 4) is 0 Å². The molecule has 1 unspecified atom stereocenters. The lowest BCUT2D eigenvalue weighted by atomic mass is 9.93. The van der Waals surface area contributed by atoms with Crippen molar-refractivity contribution in [3.05, 3.63) is 24.3 Å². The third kappa shape index (κ3) is 4.55. The van der Waals surface area contributed by atoms with Crippen LogP contribution in [0.1, 0.15) is 44.3 Å². The molecule has 0 radical (unpaired) electrons. The number of piperidine rings is 2. The van der Waals surface area contributed by atoms with Gasteiger partial charge in [-0.2, -0.15) is 0 Å². The lowest BCUT2D eigenvalue weighted by Crippen LogP contribution is -2.50. The van der Waals surface area contributed by atoms with Crippen LogP contribution in [0.15, 0.2) is 18.5 Å². The Kier molecular flexibility index (Phi) is 5.27. The molecule has 1 aliphatic carbocycles. The Hall–Kier alpha value is -1.53. The van der Waals surface area contributed by atoms with Crippen molar-refractivity contribution in [1.82, 2.24) is 25.1 Å². The van der Waals surface area contributed by atoms with Crippen molar-refractivity contribution in [2.45, 2.75) is 57.2 Å². The molecule has 1 aromatic heterocycles. The van der Waals surface area contributed by atoms with E-state index in [1.165, 1.54) is 25.7 Å². The molecule has 0 spiro atoms. The Labute approximate surface area is 150 Å². The van der Waals surface area contributed by atoms with Gasteiger partial charge in [0.15, 0.2) is 0 Å². The van der Waals surface area contributed by atoms with Crippen LogP contribution in [0.25, 0.3) is 0 Å². The standard InChI is InChI=1S/C19H29N5O/c25-19(22-16-4-5-16)15-3-1-10-24(13-15)17-6-11-23(12-7-17)14-18-20-8-2-9-21-18/h2,8-9,15-17H,1,3-7,10-14H2,(H,22,25). The average molecular weight is 343 g/mol. The van der Waals surface area contributed by atoms with Gasteiger partial charge >= 0.3 is 0 Å². The van der Waals surface area contributed by atoms with Crippen LogP contribution in [0.4, 0.5) is 0 Å². The van der Waals surface area contributed by atoms with Crippen LogP contribution in [0.2, 0.25) is 0 Å². The number of hydrogen-bond donors (Lipinski definition) is 1. The zero-order chi connectivity index (χ0) is 17.1. The van der Waals surface area contributed by atoms with Gasteiger partial charge in [-0.15, -0.1) is 0 Å². The summed E-state index contributed by atoms with van der Waals surface area (Å²) in [6, 6.07) is 2.97. The van der Waals surface area contributed by atoms with Crippen LogP contribution in [-0.2, 0) is 11.3 Å². The van der Waals surface area contributed by atoms with Crippen molar-refractivity contribution in [3.63, 3.8) is 0 Å². The molecule has 1 atom stereocenters. The molecule has 6 nitrogen and oxygen atoms in total. The Balaban J connectivity index is 1.24. The quantitative estimate of drug-likeness (QED) is 0.876. The molecular weight excluding hydrogens is 314 g/mol. The highest BCUT2D eigenvalue weighted by molar-refractivity contribution is 5.79. The summed E-state index contributed by atoms with van der Waals surface area (Å²) in [5.41, 5.74) is 0. The number of hydrogen-bond acceptors (Lipinski definition) is 5. The fraction of sp³-hybridized carbons (Fsp3) is 0.737. The van der Waals surface area contributed by atoms with E-state index in [1.54, 1.807) is 0 Å². The molecule has 1 N–H and O–H groups in total. The molecule has 0 aromatic carbocycles. The van der Waals surface area contributed by atoms with Gasteiger partial charge in [0.2, 0.25) is 5.91 Å². The number of carbonyl (C=O) groups excluding carboxylic acids is 1. The minimum absolute atomic E-state index is 0.199. The van der Waals surface area contributed by atoms with E-state index in [0.29, 0.717) is 18.0 Å². The zero-order valence-electron chi connectivity index (χ0n) is 14.9. The minimum atomic E-state index is 0.199. The molecule has 1 amide bonds. The third-order valence-corrected chi connectivity index (χ3v) is 5.81. The molecule has 136 valence electrons. The van der Waals surface area contributed by atoms with Crippen LogP contribution >= 0.6 is 0 Å². The first-order valence-corrected chi connectivity index (χ1v) is 9.80. The van der Waals surface area contributed by atoms with Crippen molar-refractivity contribution < 1.29 is 4.79 Å². The van der Waals surface area contributed by atoms with Gasteiger partial charge in [-0.1, -0.05) is 0 Å². The number of carbonyl (C=O) groups is 1. The summed E-state index contributed by atoms with van der Waals surface area (Å²) in [5.74, 6) is 1.41. The first-order chi connectivity index (χ1) is 12.3. The molecule has 3 fully saturated rings. The van der Waals surface area contributed by atoms with Crippen LogP contribution < -0.4 is 5.32 Å². The first kappa shape index (κ1) is 16.9. The van der Waals surface area contributed by atoms with E-state index in [1.807, 2.05) is 18.5 Å². The van der Waals surface area contributed by atoms with Gasteiger partial charge in [-0.3, -0.25) is 14.6 Å². The first-order valence-electron chi connectivity index (χ1n) is 9.80. The van der Waals surface area contributed by atoms with E-state index in [0.717, 1.165) is 51.4 Å². The molecule has 3 heterocycles. The zero-order valence-corrected chi connectivity index (χ0v) is 14.9. The van der Waals surface area contributed by atoms with Crippen LogP contribution in [-0.4, -0.2) is 63.9 Å². The molecule has 1 aromatic rings. The van der Waals surface area contributed by atoms with Crippen LogP contribution in [0.3, 0.4) is 0 Å². The van der Waals surface area contributed by atoms with Crippen LogP contribution in [0, 0.1) is 5.92 Å². The highest BCUT2D eigenvalue weighted by Gasteiger charge is 2.33. The number of aromatic nitrogens is 2. The summed E-state index contributed by atoms with van der Waals surface area (Å²) < 4.78 is 0. The number of likely N-dealkylation sites (tertiary alicyclic amines) is 2. The highest BCUT2D eigenvalue weighted by Crippen LogP contribution is 2.26. The molecular formula is C19H29N5O. The van der Waals surface area contributed by atoms with E-state index in [-0.39, 0.29) is 5.92 Å². The van der Waals surface area contributed by atoms with E-state index in [4.69, 9.17) is 0 Å². The summed E-state index contributed by atoms with van der Waals surface area (Å²) >= 11 is 0. The lowest BCUT2D eigenvalue weighted by Gasteiger charge is -2.41. The molecule has 6 heteroatoms. The summed E-state index contributed by atoms with van der Waals surface area (Å²) in [6.45, 7) is 5.14. The average Bonchev–Trinajstić information content (AvgIpc) is 3.47. The van der Waals surface area contributed by atoms with Gasteiger partial charge in [0.05, 0.1) is 12.5 Å². The van der Waals surface area contributed by atoms with E-state index in [2.05, 4.69) is 25.1 Å². The highest BCUT2D eigenvalue weighted by atomic mass is 16.2. The van der Waals surface area contributed by atoms with Gasteiger partial charge in [0.1, 0.15) is 5.82 Å². The molecule has 0 bridgehead atoms. The maximum Gasteiger partial charge on any atom is 0.224 e. The van der Waals surface area contributed by atoms with Crippen molar-refractivity contribution >= 4 is 5.91 Å². The minimum Gasteiger partial charge on any atom is -0.353 e. The number of nitrogens with one attached hydrogen (secondary N) is 1. The number of amides is 1. The van der Waals surface area contributed by atoms with Crippen LogP contribution in [0.5, 0.6) is 0 Å². The van der Waals surface area contributed by atoms with E-state index in [9.17, 15) is 4.79 Å². The molecule has 2 aliphatic heterocycles. The fourth-order valence-corrected chi connectivity index (χ4v) is 4.15. The predicted molar refractivity (Wildman–Crippen MR) is 95.8 cm³/mol. The van der Waals surface area contributed by atoms with Gasteiger partial charge in [0.25, 0.3) is 0 Å². The second-order valence-corrected chi connectivity index (χ2v) is 7.79. The third-order valence-electron chi connectivity index (χ3n) is 5.81. The number of nitrogens with zero attached hydrogens (tertiary/aromatic N) is 4. The number of rotatable bonds is 5. The van der Waals surface area contributed by atoms with Crippen molar-refractivity contribution in [2.75, 3.05) is 26.2 Å². The summed E-state index contributed by atoms with van der Waals surface area (Å²) in [5, 5.41) is 3.19. The summed E-state index contributed by atoms with van der Waals surface area (Å²) in [7, 11) is 0. The SMILES string of the molecule is O=C(NC1CC1)C1CCCN(C2CCN(Cc3ncccn3)CC2)C1. The van der Waals surface area contributed by atoms with E-state index >= 15 is 0 Å². The second kappa shape index (κ2) is 7.79. The lowest BCUT2D eigenvalue weighted by molar-refractivity contribution is -0.127. The molecule has 3 aliphatic rings. The van der Waals surface area contributed by atoms with Gasteiger partial charge < -0.3 is 5.32 Å². The maximum atomic E-state index is 12.4. The Morgan fingerprint density at radius 2 is 1.84 bits per heavy atom. The summed E-state index contributed by atoms with van der Waals surface area (Å²) in [6.07, 6.45) is 10.6. The Bertz CT molecular complexity index is 568. The second-order valence-electron chi connectivity index (χ2n) is 7.79. The van der Waals surface area contributed by atoms with E-state index < -0.39 is 0 Å². The normalized spacial score (nSPS) is 26.5. The van der Waals surface area contributed by atoms with Gasteiger partial charge in [-0.25, -0.2) is 9.97 Å². The molecule has 4 rings (SSSR count). The Morgan fingerprint density at radius 1 is 1.08 bits per heavy atom. The fourth-order valence-electron chi connectivity index (χ4n) is 4.15. The predicted octanol–water partition coefficient (Wildman–Crippen LogP) is 1.43. The Morgan fingerprint density at radius 3 is 2.56 bits per heavy atom. The topological polar surface area (TPSA) is 61.4 Å². The molecule has 25 heavy (non-hydrogen) atoms. The molecule has 1 saturated carbocycles. The van der Waals surface area contributed by atoms with Gasteiger partial charge in [0, 0.05) is 44.1 Å². The summed E-state index contributed by atoms with van der Waals surface area (Å²) in [4.78, 5) is 26.1. The molecule has 2 saturated heterocycles. The largest absolute Gasteiger partial charge is 0.353 e. The maximum absolute atomic E-state index is 12.4. The van der Waals surface area contributed by atoms with Gasteiger partial charge in [-0.05, 0) is 51.1 Å². The monoisotopic (exact) mass is 343 g/mol. The van der Waals surface area contributed by atoms with Crippen molar-refractivity contribution in [1.29, 1.82) is 0 Å².